The molecule has 0 amide bonds. The Kier molecular flexibility index (Phi) is 6.16. The standard InChI is InChI=1S/C21H23ClN2O3/c1-24(2)19(17-6-4-5-7-18(17)22)13-23-12-14-10-21(25)27-20-11-15(26-3)8-9-16(14)20/h4-11,19,23H,12-13H2,1-3H3/p+2/t19-/m0/s1. The molecule has 1 heterocycles. The molecule has 27 heavy (non-hydrogen) atoms. The van der Waals surface area contributed by atoms with E-state index in [2.05, 4.69) is 25.5 Å². The first-order chi connectivity index (χ1) is 13.0. The number of nitrogens with two attached hydrogens (primary N) is 1. The van der Waals surface area contributed by atoms with Gasteiger partial charge in [0.25, 0.3) is 0 Å². The summed E-state index contributed by atoms with van der Waals surface area (Å²) in [6.45, 7) is 1.53. The maximum Gasteiger partial charge on any atom is 0.336 e. The zero-order valence-corrected chi connectivity index (χ0v) is 16.5. The molecule has 0 fully saturated rings. The topological polar surface area (TPSA) is 60.5 Å². The van der Waals surface area contributed by atoms with Crippen molar-refractivity contribution in [3.63, 3.8) is 0 Å². The summed E-state index contributed by atoms with van der Waals surface area (Å²) in [6.07, 6.45) is 0. The molecule has 0 aliphatic heterocycles. The zero-order valence-electron chi connectivity index (χ0n) is 15.8. The molecular formula is C21H25ClN2O3+2. The van der Waals surface area contributed by atoms with Crippen molar-refractivity contribution in [2.24, 2.45) is 0 Å². The summed E-state index contributed by atoms with van der Waals surface area (Å²) in [4.78, 5) is 13.2. The van der Waals surface area contributed by atoms with E-state index >= 15 is 0 Å². The van der Waals surface area contributed by atoms with Gasteiger partial charge in [0.15, 0.2) is 6.04 Å². The molecule has 0 saturated carbocycles. The molecule has 6 heteroatoms. The molecule has 0 spiro atoms. The molecule has 0 aliphatic rings. The largest absolute Gasteiger partial charge is 0.497 e. The lowest BCUT2D eigenvalue weighted by Gasteiger charge is -2.21. The Hall–Kier alpha value is -2.34. The van der Waals surface area contributed by atoms with Gasteiger partial charge in [-0.15, -0.1) is 0 Å². The Morgan fingerprint density at radius 2 is 1.96 bits per heavy atom. The fourth-order valence-electron chi connectivity index (χ4n) is 3.34. The fraction of sp³-hybridized carbons (Fsp3) is 0.286. The molecular weight excluding hydrogens is 364 g/mol. The average molecular weight is 389 g/mol. The monoisotopic (exact) mass is 388 g/mol. The van der Waals surface area contributed by atoms with Gasteiger partial charge in [-0.05, 0) is 18.2 Å². The van der Waals surface area contributed by atoms with E-state index in [9.17, 15) is 4.79 Å². The van der Waals surface area contributed by atoms with E-state index in [-0.39, 0.29) is 11.7 Å². The van der Waals surface area contributed by atoms with Crippen molar-refractivity contribution in [3.8, 4) is 5.75 Å². The summed E-state index contributed by atoms with van der Waals surface area (Å²) in [7, 11) is 5.84. The SMILES string of the molecule is COc1ccc2c(C[NH2+]C[C@@H](c3ccccc3Cl)[NH+](C)C)cc(=O)oc2c1. The number of methoxy groups -OCH3 is 1. The third-order valence-electron chi connectivity index (χ3n) is 4.78. The minimum Gasteiger partial charge on any atom is -0.497 e. The quantitative estimate of drug-likeness (QED) is 0.601. The van der Waals surface area contributed by atoms with E-state index in [1.54, 1.807) is 19.2 Å². The lowest BCUT2D eigenvalue weighted by Crippen LogP contribution is -3.09. The molecule has 2 aromatic carbocycles. The van der Waals surface area contributed by atoms with E-state index in [0.29, 0.717) is 17.9 Å². The lowest BCUT2D eigenvalue weighted by atomic mass is 10.1. The second kappa shape index (κ2) is 8.57. The van der Waals surface area contributed by atoms with Crippen molar-refractivity contribution in [2.45, 2.75) is 12.6 Å². The van der Waals surface area contributed by atoms with Crippen LogP contribution in [0.1, 0.15) is 17.2 Å². The summed E-state index contributed by atoms with van der Waals surface area (Å²) in [5.41, 5.74) is 2.29. The number of hydrogen-bond donors (Lipinski definition) is 2. The predicted molar refractivity (Wildman–Crippen MR) is 107 cm³/mol. The van der Waals surface area contributed by atoms with Crippen molar-refractivity contribution >= 4 is 22.6 Å². The van der Waals surface area contributed by atoms with Gasteiger partial charge in [0, 0.05) is 33.7 Å². The Morgan fingerprint density at radius 3 is 2.67 bits per heavy atom. The van der Waals surface area contributed by atoms with Crippen LogP contribution in [0.25, 0.3) is 11.0 Å². The number of quaternary nitrogens is 2. The molecule has 3 rings (SSSR count). The Balaban J connectivity index is 1.80. The van der Waals surface area contributed by atoms with E-state index in [0.717, 1.165) is 28.1 Å². The van der Waals surface area contributed by atoms with Gasteiger partial charge in [-0.25, -0.2) is 4.79 Å². The van der Waals surface area contributed by atoms with Gasteiger partial charge in [0.2, 0.25) is 0 Å². The van der Waals surface area contributed by atoms with Crippen molar-refractivity contribution < 1.29 is 19.4 Å². The summed E-state index contributed by atoms with van der Waals surface area (Å²) in [5, 5.41) is 3.92. The van der Waals surface area contributed by atoms with Gasteiger partial charge < -0.3 is 19.4 Å². The molecule has 3 aromatic rings. The fourth-order valence-corrected chi connectivity index (χ4v) is 3.61. The van der Waals surface area contributed by atoms with Crippen molar-refractivity contribution in [3.05, 3.63) is 75.1 Å². The van der Waals surface area contributed by atoms with E-state index < -0.39 is 0 Å². The summed E-state index contributed by atoms with van der Waals surface area (Å²) >= 11 is 6.39. The minimum absolute atomic E-state index is 0.255. The number of fused-ring (bicyclic) bond motifs is 1. The van der Waals surface area contributed by atoms with Crippen LogP contribution in [0, 0.1) is 0 Å². The number of halogens is 1. The molecule has 3 N–H and O–H groups in total. The molecule has 5 nitrogen and oxygen atoms in total. The third-order valence-corrected chi connectivity index (χ3v) is 5.13. The van der Waals surface area contributed by atoms with Crippen LogP contribution in [0.5, 0.6) is 5.75 Å². The van der Waals surface area contributed by atoms with Crippen LogP contribution in [0.2, 0.25) is 5.02 Å². The second-order valence-corrected chi connectivity index (χ2v) is 7.24. The van der Waals surface area contributed by atoms with Crippen LogP contribution in [-0.4, -0.2) is 27.7 Å². The van der Waals surface area contributed by atoms with E-state index in [4.69, 9.17) is 20.8 Å². The lowest BCUT2D eigenvalue weighted by molar-refractivity contribution is -0.910. The van der Waals surface area contributed by atoms with Crippen molar-refractivity contribution in [1.82, 2.24) is 0 Å². The molecule has 1 atom stereocenters. The van der Waals surface area contributed by atoms with Crippen LogP contribution < -0.4 is 20.6 Å². The highest BCUT2D eigenvalue weighted by Crippen LogP contribution is 2.22. The smallest absolute Gasteiger partial charge is 0.336 e. The van der Waals surface area contributed by atoms with Crippen molar-refractivity contribution in [2.75, 3.05) is 27.7 Å². The van der Waals surface area contributed by atoms with Gasteiger partial charge in [-0.2, -0.15) is 0 Å². The number of benzene rings is 2. The highest BCUT2D eigenvalue weighted by atomic mass is 35.5. The summed E-state index contributed by atoms with van der Waals surface area (Å²) in [5.74, 6) is 0.668. The predicted octanol–water partition coefficient (Wildman–Crippen LogP) is 1.40. The Morgan fingerprint density at radius 1 is 1.19 bits per heavy atom. The summed E-state index contributed by atoms with van der Waals surface area (Å²) < 4.78 is 10.5. The van der Waals surface area contributed by atoms with E-state index in [1.807, 2.05) is 30.3 Å². The Labute approximate surface area is 163 Å². The molecule has 0 saturated heterocycles. The highest BCUT2D eigenvalue weighted by Gasteiger charge is 2.22. The molecule has 1 aromatic heterocycles. The number of hydrogen-bond acceptors (Lipinski definition) is 3. The molecule has 0 bridgehead atoms. The zero-order chi connectivity index (χ0) is 19.4. The summed E-state index contributed by atoms with van der Waals surface area (Å²) in [6, 6.07) is 15.3. The number of rotatable bonds is 7. The number of nitrogens with one attached hydrogen (secondary N) is 1. The van der Waals surface area contributed by atoms with Crippen LogP contribution in [-0.2, 0) is 6.54 Å². The van der Waals surface area contributed by atoms with Gasteiger partial charge in [0.05, 0.1) is 21.2 Å². The normalized spacial score (nSPS) is 12.5. The first-order valence-electron chi connectivity index (χ1n) is 8.96. The number of ether oxygens (including phenoxy) is 1. The van der Waals surface area contributed by atoms with Crippen LogP contribution >= 0.6 is 11.6 Å². The van der Waals surface area contributed by atoms with Gasteiger partial charge in [0.1, 0.15) is 24.4 Å². The van der Waals surface area contributed by atoms with Crippen LogP contribution in [0.15, 0.2) is 57.7 Å². The highest BCUT2D eigenvalue weighted by molar-refractivity contribution is 6.31. The molecule has 0 aliphatic carbocycles. The average Bonchev–Trinajstić information content (AvgIpc) is 2.65. The molecule has 0 radical (unpaired) electrons. The second-order valence-electron chi connectivity index (χ2n) is 6.83. The number of likely N-dealkylation sites (N-methyl/N-ethyl adjacent to an activating group) is 1. The van der Waals surface area contributed by atoms with E-state index in [1.165, 1.54) is 4.90 Å². The Bertz CT molecular complexity index is 985. The maximum absolute atomic E-state index is 11.9. The third kappa shape index (κ3) is 4.50. The van der Waals surface area contributed by atoms with Crippen LogP contribution in [0.4, 0.5) is 0 Å². The molecule has 142 valence electrons. The molecule has 0 unspecified atom stereocenters. The first-order valence-corrected chi connectivity index (χ1v) is 9.34. The van der Waals surface area contributed by atoms with Gasteiger partial charge in [-0.3, -0.25) is 0 Å². The van der Waals surface area contributed by atoms with Gasteiger partial charge in [-0.1, -0.05) is 29.8 Å². The van der Waals surface area contributed by atoms with Crippen molar-refractivity contribution in [1.29, 1.82) is 0 Å². The maximum atomic E-state index is 11.9. The minimum atomic E-state index is -0.347. The van der Waals surface area contributed by atoms with Gasteiger partial charge >= 0.3 is 5.63 Å². The van der Waals surface area contributed by atoms with Crippen LogP contribution in [0.3, 0.4) is 0 Å². The first kappa shape index (κ1) is 19.4.